The fourth-order valence-corrected chi connectivity index (χ4v) is 5.19. The molecular weight excluding hydrogens is 424 g/mol. The van der Waals surface area contributed by atoms with Gasteiger partial charge < -0.3 is 4.74 Å². The third kappa shape index (κ3) is 5.92. The number of rotatable bonds is 9. The molecule has 154 valence electrons. The van der Waals surface area contributed by atoms with Crippen molar-refractivity contribution in [1.29, 1.82) is 0 Å². The topological polar surface area (TPSA) is 102 Å². The molecule has 0 aliphatic rings. The van der Waals surface area contributed by atoms with Crippen LogP contribution in [0.3, 0.4) is 0 Å². The van der Waals surface area contributed by atoms with Crippen molar-refractivity contribution >= 4 is 31.6 Å². The Morgan fingerprint density at radius 2 is 1.64 bits per heavy atom. The minimum atomic E-state index is -3.81. The lowest BCUT2D eigenvalue weighted by Crippen LogP contribution is -2.30. The molecule has 0 aliphatic carbocycles. The lowest BCUT2D eigenvalue weighted by atomic mass is 10.2. The quantitative estimate of drug-likeness (QED) is 0.616. The zero-order valence-corrected chi connectivity index (χ0v) is 18.2. The third-order valence-corrected chi connectivity index (χ3v) is 7.14. The Morgan fingerprint density at radius 3 is 2.21 bits per heavy atom. The van der Waals surface area contributed by atoms with E-state index in [4.69, 9.17) is 16.3 Å². The summed E-state index contributed by atoms with van der Waals surface area (Å²) in [6.45, 7) is 3.62. The molecule has 2 aromatic rings. The van der Waals surface area contributed by atoms with Crippen LogP contribution >= 0.6 is 11.6 Å². The van der Waals surface area contributed by atoms with Crippen molar-refractivity contribution in [2.24, 2.45) is 0 Å². The first kappa shape index (κ1) is 22.6. The molecule has 0 spiro atoms. The molecule has 2 N–H and O–H groups in total. The van der Waals surface area contributed by atoms with Gasteiger partial charge in [-0.1, -0.05) is 23.7 Å². The van der Waals surface area contributed by atoms with Gasteiger partial charge in [-0.25, -0.2) is 26.3 Å². The Kier molecular flexibility index (Phi) is 7.46. The maximum absolute atomic E-state index is 12.5. The van der Waals surface area contributed by atoms with E-state index in [1.165, 1.54) is 31.4 Å². The number of halogens is 1. The molecule has 0 fully saturated rings. The largest absolute Gasteiger partial charge is 0.495 e. The van der Waals surface area contributed by atoms with Gasteiger partial charge in [-0.05, 0) is 56.2 Å². The van der Waals surface area contributed by atoms with Crippen molar-refractivity contribution in [1.82, 2.24) is 9.44 Å². The number of nitrogens with one attached hydrogen (secondary N) is 2. The Morgan fingerprint density at radius 1 is 1.00 bits per heavy atom. The normalized spacial score (nSPS) is 12.3. The number of hydrogen-bond donors (Lipinski definition) is 2. The first-order chi connectivity index (χ1) is 13.0. The molecule has 2 aromatic carbocycles. The predicted molar refractivity (Wildman–Crippen MR) is 109 cm³/mol. The first-order valence-electron chi connectivity index (χ1n) is 8.49. The van der Waals surface area contributed by atoms with Crippen molar-refractivity contribution < 1.29 is 21.6 Å². The van der Waals surface area contributed by atoms with Gasteiger partial charge in [0, 0.05) is 17.6 Å². The van der Waals surface area contributed by atoms with E-state index in [1.807, 2.05) is 0 Å². The Hall–Kier alpha value is -1.65. The molecule has 0 unspecified atom stereocenters. The number of ether oxygens (including phenoxy) is 1. The molecule has 0 saturated carbocycles. The molecule has 0 saturated heterocycles. The zero-order valence-electron chi connectivity index (χ0n) is 15.8. The summed E-state index contributed by atoms with van der Waals surface area (Å²) < 4.78 is 59.3. The minimum absolute atomic E-state index is 0.0382. The molecule has 0 radical (unpaired) electrons. The van der Waals surface area contributed by atoms with Crippen molar-refractivity contribution in [3.63, 3.8) is 0 Å². The second-order valence-corrected chi connectivity index (χ2v) is 10.2. The van der Waals surface area contributed by atoms with E-state index >= 15 is 0 Å². The van der Waals surface area contributed by atoms with Crippen LogP contribution in [0.1, 0.15) is 19.4 Å². The van der Waals surface area contributed by atoms with E-state index in [0.717, 1.165) is 5.56 Å². The molecule has 0 bridgehead atoms. The second kappa shape index (κ2) is 9.23. The highest BCUT2D eigenvalue weighted by Gasteiger charge is 2.20. The van der Waals surface area contributed by atoms with Crippen molar-refractivity contribution in [3.05, 3.63) is 53.1 Å². The summed E-state index contributed by atoms with van der Waals surface area (Å²) in [6, 6.07) is 10.5. The van der Waals surface area contributed by atoms with Gasteiger partial charge in [0.15, 0.2) is 0 Å². The van der Waals surface area contributed by atoms with Gasteiger partial charge in [0.1, 0.15) is 10.6 Å². The van der Waals surface area contributed by atoms with E-state index in [-0.39, 0.29) is 33.1 Å². The van der Waals surface area contributed by atoms with Crippen LogP contribution in [0.5, 0.6) is 5.75 Å². The molecule has 0 atom stereocenters. The Labute approximate surface area is 171 Å². The van der Waals surface area contributed by atoms with Gasteiger partial charge in [0.05, 0.1) is 12.0 Å². The van der Waals surface area contributed by atoms with Crippen LogP contribution in [0.15, 0.2) is 52.3 Å². The highest BCUT2D eigenvalue weighted by atomic mass is 35.5. The maximum atomic E-state index is 12.5. The highest BCUT2D eigenvalue weighted by molar-refractivity contribution is 7.89. The SMILES string of the molecule is COc1ccc(Cl)cc1S(=O)(=O)NCCc1ccc(S(=O)(=O)NC(C)C)cc1. The number of hydrogen-bond acceptors (Lipinski definition) is 5. The fourth-order valence-electron chi connectivity index (χ4n) is 2.48. The molecule has 0 heterocycles. The zero-order chi connectivity index (χ0) is 20.9. The molecule has 7 nitrogen and oxygen atoms in total. The third-order valence-electron chi connectivity index (χ3n) is 3.75. The monoisotopic (exact) mass is 446 g/mol. The van der Waals surface area contributed by atoms with Crippen LogP contribution in [-0.4, -0.2) is 36.5 Å². The van der Waals surface area contributed by atoms with Crippen LogP contribution in [0.2, 0.25) is 5.02 Å². The molecule has 0 aromatic heterocycles. The Bertz CT molecular complexity index is 1020. The summed E-state index contributed by atoms with van der Waals surface area (Å²) in [5.74, 6) is 0.198. The second-order valence-electron chi connectivity index (χ2n) is 6.36. The molecule has 10 heteroatoms. The summed E-state index contributed by atoms with van der Waals surface area (Å²) in [7, 11) is -5.98. The molecule has 28 heavy (non-hydrogen) atoms. The van der Waals surface area contributed by atoms with Crippen LogP contribution in [0.25, 0.3) is 0 Å². The maximum Gasteiger partial charge on any atom is 0.244 e. The van der Waals surface area contributed by atoms with Crippen molar-refractivity contribution in [3.8, 4) is 5.75 Å². The lowest BCUT2D eigenvalue weighted by molar-refractivity contribution is 0.402. The van der Waals surface area contributed by atoms with Crippen molar-refractivity contribution in [2.75, 3.05) is 13.7 Å². The van der Waals surface area contributed by atoms with E-state index in [0.29, 0.717) is 6.42 Å². The van der Waals surface area contributed by atoms with Crippen LogP contribution < -0.4 is 14.2 Å². The van der Waals surface area contributed by atoms with Crippen LogP contribution in [0, 0.1) is 0 Å². The van der Waals surface area contributed by atoms with E-state index in [2.05, 4.69) is 9.44 Å². The van der Waals surface area contributed by atoms with Gasteiger partial charge in [-0.15, -0.1) is 0 Å². The Balaban J connectivity index is 2.04. The van der Waals surface area contributed by atoms with E-state index in [1.54, 1.807) is 32.0 Å². The first-order valence-corrected chi connectivity index (χ1v) is 11.8. The van der Waals surface area contributed by atoms with Crippen LogP contribution in [-0.2, 0) is 26.5 Å². The molecule has 2 rings (SSSR count). The number of benzene rings is 2. The fraction of sp³-hybridized carbons (Fsp3) is 0.333. The van der Waals surface area contributed by atoms with E-state index in [9.17, 15) is 16.8 Å². The summed E-state index contributed by atoms with van der Waals surface area (Å²) >= 11 is 5.89. The predicted octanol–water partition coefficient (Wildman–Crippen LogP) is 2.56. The average molecular weight is 447 g/mol. The minimum Gasteiger partial charge on any atom is -0.495 e. The molecule has 0 aliphatic heterocycles. The number of sulfonamides is 2. The summed E-state index contributed by atoms with van der Waals surface area (Å²) in [5.41, 5.74) is 0.796. The smallest absolute Gasteiger partial charge is 0.244 e. The highest BCUT2D eigenvalue weighted by Crippen LogP contribution is 2.26. The van der Waals surface area contributed by atoms with Gasteiger partial charge in [0.2, 0.25) is 20.0 Å². The van der Waals surface area contributed by atoms with E-state index < -0.39 is 20.0 Å². The summed E-state index contributed by atoms with van der Waals surface area (Å²) in [4.78, 5) is 0.123. The van der Waals surface area contributed by atoms with Crippen LogP contribution in [0.4, 0.5) is 0 Å². The van der Waals surface area contributed by atoms with Crippen molar-refractivity contribution in [2.45, 2.75) is 36.1 Å². The summed E-state index contributed by atoms with van der Waals surface area (Å²) in [5, 5.41) is 0.285. The van der Waals surface area contributed by atoms with Gasteiger partial charge in [0.25, 0.3) is 0 Å². The standard InChI is InChI=1S/C18H23ClN2O5S2/c1-13(2)21-27(22,23)16-7-4-14(5-8-16)10-11-20-28(24,25)18-12-15(19)6-9-17(18)26-3/h4-9,12-13,20-21H,10-11H2,1-3H3. The van der Waals surface area contributed by atoms with Gasteiger partial charge in [-0.3, -0.25) is 0 Å². The van der Waals surface area contributed by atoms with Gasteiger partial charge in [-0.2, -0.15) is 0 Å². The average Bonchev–Trinajstić information content (AvgIpc) is 2.61. The van der Waals surface area contributed by atoms with Gasteiger partial charge >= 0.3 is 0 Å². The molecule has 0 amide bonds. The number of methoxy groups -OCH3 is 1. The summed E-state index contributed by atoms with van der Waals surface area (Å²) in [6.07, 6.45) is 0.389. The molecular formula is C18H23ClN2O5S2. The lowest BCUT2D eigenvalue weighted by Gasteiger charge is -2.12.